The Morgan fingerprint density at radius 3 is 2.54 bits per heavy atom. The summed E-state index contributed by atoms with van der Waals surface area (Å²) in [7, 11) is 1.43. The normalized spacial score (nSPS) is 19.2. The predicted octanol–water partition coefficient (Wildman–Crippen LogP) is 1.90. The molecule has 3 heteroatoms. The Hall–Kier alpha value is -0.570. The molecule has 0 bridgehead atoms. The number of ether oxygens (including phenoxy) is 2. The zero-order valence-corrected chi connectivity index (χ0v) is 8.47. The minimum atomic E-state index is -0.177. The van der Waals surface area contributed by atoms with E-state index in [1.165, 1.54) is 13.5 Å². The van der Waals surface area contributed by atoms with E-state index in [9.17, 15) is 4.79 Å². The fraction of sp³-hybridized carbons (Fsp3) is 0.900. The van der Waals surface area contributed by atoms with Gasteiger partial charge in [0.2, 0.25) is 0 Å². The third kappa shape index (κ3) is 2.69. The van der Waals surface area contributed by atoms with E-state index < -0.39 is 0 Å². The van der Waals surface area contributed by atoms with Crippen molar-refractivity contribution >= 4 is 5.97 Å². The maximum Gasteiger partial charge on any atom is 0.308 e. The van der Waals surface area contributed by atoms with Gasteiger partial charge in [0.25, 0.3) is 0 Å². The number of esters is 1. The van der Waals surface area contributed by atoms with Gasteiger partial charge in [-0.15, -0.1) is 0 Å². The van der Waals surface area contributed by atoms with Crippen LogP contribution >= 0.6 is 0 Å². The van der Waals surface area contributed by atoms with Crippen LogP contribution in [0.15, 0.2) is 0 Å². The summed E-state index contributed by atoms with van der Waals surface area (Å²) in [5.74, 6) is -0.157. The van der Waals surface area contributed by atoms with Crippen molar-refractivity contribution in [1.82, 2.24) is 0 Å². The van der Waals surface area contributed by atoms with Crippen LogP contribution in [0.4, 0.5) is 0 Å². The van der Waals surface area contributed by atoms with Crippen LogP contribution in [0.3, 0.4) is 0 Å². The minimum absolute atomic E-state index is 0.157. The van der Waals surface area contributed by atoms with E-state index in [0.717, 1.165) is 25.9 Å². The van der Waals surface area contributed by atoms with Gasteiger partial charge in [-0.25, -0.2) is 0 Å². The Morgan fingerprint density at radius 2 is 2.15 bits per heavy atom. The molecule has 0 aliphatic heterocycles. The molecule has 1 saturated carbocycles. The van der Waals surface area contributed by atoms with Crippen molar-refractivity contribution < 1.29 is 14.3 Å². The molecule has 0 saturated heterocycles. The summed E-state index contributed by atoms with van der Waals surface area (Å²) in [4.78, 5) is 11.1. The highest BCUT2D eigenvalue weighted by Gasteiger charge is 2.40. The fourth-order valence-corrected chi connectivity index (χ4v) is 1.60. The highest BCUT2D eigenvalue weighted by atomic mass is 16.5. The second-order valence-electron chi connectivity index (χ2n) is 3.64. The van der Waals surface area contributed by atoms with Crippen LogP contribution in [0.1, 0.15) is 39.0 Å². The molecule has 0 atom stereocenters. The molecule has 1 rings (SSSR count). The smallest absolute Gasteiger partial charge is 0.308 e. The quantitative estimate of drug-likeness (QED) is 0.615. The maximum atomic E-state index is 11.1. The zero-order valence-electron chi connectivity index (χ0n) is 8.47. The van der Waals surface area contributed by atoms with E-state index >= 15 is 0 Å². The first-order valence-corrected chi connectivity index (χ1v) is 4.93. The topological polar surface area (TPSA) is 35.5 Å². The molecule has 0 spiro atoms. The fourth-order valence-electron chi connectivity index (χ4n) is 1.60. The Balaban J connectivity index is 2.35. The van der Waals surface area contributed by atoms with Crippen LogP contribution in [0.2, 0.25) is 0 Å². The van der Waals surface area contributed by atoms with Gasteiger partial charge in [0.1, 0.15) is 0 Å². The minimum Gasteiger partial charge on any atom is -0.469 e. The van der Waals surface area contributed by atoms with Crippen LogP contribution in [0, 0.1) is 0 Å². The van der Waals surface area contributed by atoms with Crippen LogP contribution in [-0.4, -0.2) is 25.3 Å². The highest BCUT2D eigenvalue weighted by Crippen LogP contribution is 2.38. The van der Waals surface area contributed by atoms with Crippen molar-refractivity contribution in [3.05, 3.63) is 0 Å². The molecule has 0 heterocycles. The number of hydrogen-bond donors (Lipinski definition) is 0. The van der Waals surface area contributed by atoms with Crippen molar-refractivity contribution in [2.24, 2.45) is 0 Å². The van der Waals surface area contributed by atoms with Gasteiger partial charge >= 0.3 is 5.97 Å². The Morgan fingerprint density at radius 1 is 1.46 bits per heavy atom. The second kappa shape index (κ2) is 4.61. The molecule has 0 amide bonds. The molecule has 0 aromatic carbocycles. The molecule has 1 aliphatic rings. The third-order valence-electron chi connectivity index (χ3n) is 2.57. The van der Waals surface area contributed by atoms with Gasteiger partial charge < -0.3 is 9.47 Å². The largest absolute Gasteiger partial charge is 0.469 e. The third-order valence-corrected chi connectivity index (χ3v) is 2.57. The molecule has 0 unspecified atom stereocenters. The van der Waals surface area contributed by atoms with Crippen LogP contribution < -0.4 is 0 Å². The molecule has 1 fully saturated rings. The summed E-state index contributed by atoms with van der Waals surface area (Å²) in [6.45, 7) is 2.82. The van der Waals surface area contributed by atoms with Gasteiger partial charge in [-0.2, -0.15) is 0 Å². The van der Waals surface area contributed by atoms with E-state index in [1.807, 2.05) is 0 Å². The Kier molecular flexibility index (Phi) is 3.72. The number of hydrogen-bond acceptors (Lipinski definition) is 3. The van der Waals surface area contributed by atoms with E-state index in [-0.39, 0.29) is 11.6 Å². The summed E-state index contributed by atoms with van der Waals surface area (Å²) in [5, 5.41) is 0. The lowest BCUT2D eigenvalue weighted by molar-refractivity contribution is -0.157. The Labute approximate surface area is 79.4 Å². The van der Waals surface area contributed by atoms with E-state index in [1.54, 1.807) is 0 Å². The van der Waals surface area contributed by atoms with Gasteiger partial charge in [0.05, 0.1) is 19.1 Å². The summed E-state index contributed by atoms with van der Waals surface area (Å²) >= 11 is 0. The lowest BCUT2D eigenvalue weighted by atomic mass is 9.77. The van der Waals surface area contributed by atoms with Crippen molar-refractivity contribution in [2.75, 3.05) is 13.7 Å². The van der Waals surface area contributed by atoms with Crippen molar-refractivity contribution in [1.29, 1.82) is 0 Å². The van der Waals surface area contributed by atoms with Crippen molar-refractivity contribution in [2.45, 2.75) is 44.6 Å². The predicted molar refractivity (Wildman–Crippen MR) is 49.5 cm³/mol. The lowest BCUT2D eigenvalue weighted by Gasteiger charge is -2.40. The summed E-state index contributed by atoms with van der Waals surface area (Å²) in [6.07, 6.45) is 4.59. The molecule has 0 radical (unpaired) electrons. The summed E-state index contributed by atoms with van der Waals surface area (Å²) in [5.41, 5.74) is -0.177. The highest BCUT2D eigenvalue weighted by molar-refractivity contribution is 5.70. The molecule has 0 N–H and O–H groups in total. The first-order valence-electron chi connectivity index (χ1n) is 4.93. The molecular formula is C10H18O3. The molecule has 1 aliphatic carbocycles. The first kappa shape index (κ1) is 10.5. The van der Waals surface area contributed by atoms with E-state index in [0.29, 0.717) is 6.42 Å². The molecule has 13 heavy (non-hydrogen) atoms. The maximum absolute atomic E-state index is 11.1. The van der Waals surface area contributed by atoms with E-state index in [4.69, 9.17) is 4.74 Å². The molecular weight excluding hydrogens is 168 g/mol. The van der Waals surface area contributed by atoms with Crippen LogP contribution in [0.5, 0.6) is 0 Å². The summed E-state index contributed by atoms with van der Waals surface area (Å²) in [6, 6.07) is 0. The van der Waals surface area contributed by atoms with Gasteiger partial charge in [0, 0.05) is 6.61 Å². The molecule has 76 valence electrons. The lowest BCUT2D eigenvalue weighted by Crippen LogP contribution is -2.42. The van der Waals surface area contributed by atoms with Gasteiger partial charge in [-0.3, -0.25) is 4.79 Å². The number of carbonyl (C=O) groups is 1. The average molecular weight is 186 g/mol. The van der Waals surface area contributed by atoms with E-state index in [2.05, 4.69) is 11.7 Å². The molecule has 0 aromatic heterocycles. The number of methoxy groups -OCH3 is 1. The number of rotatable bonds is 5. The van der Waals surface area contributed by atoms with Crippen LogP contribution in [0.25, 0.3) is 0 Å². The first-order chi connectivity index (χ1) is 6.22. The second-order valence-corrected chi connectivity index (χ2v) is 3.64. The number of carbonyl (C=O) groups excluding carboxylic acids is 1. The molecule has 0 aromatic rings. The standard InChI is InChI=1S/C10H18O3/c1-3-7-13-10(5-4-6-10)8-9(11)12-2/h3-8H2,1-2H3. The zero-order chi connectivity index (χ0) is 9.73. The molecule has 3 nitrogen and oxygen atoms in total. The van der Waals surface area contributed by atoms with Crippen molar-refractivity contribution in [3.63, 3.8) is 0 Å². The van der Waals surface area contributed by atoms with Crippen LogP contribution in [-0.2, 0) is 14.3 Å². The van der Waals surface area contributed by atoms with Crippen molar-refractivity contribution in [3.8, 4) is 0 Å². The SMILES string of the molecule is CCCOC1(CC(=O)OC)CCC1. The monoisotopic (exact) mass is 186 g/mol. The Bertz CT molecular complexity index is 173. The van der Waals surface area contributed by atoms with Gasteiger partial charge in [-0.1, -0.05) is 6.92 Å². The average Bonchev–Trinajstić information content (AvgIpc) is 2.09. The summed E-state index contributed by atoms with van der Waals surface area (Å²) < 4.78 is 10.3. The van der Waals surface area contributed by atoms with Gasteiger partial charge in [0.15, 0.2) is 0 Å². The van der Waals surface area contributed by atoms with Gasteiger partial charge in [-0.05, 0) is 25.7 Å².